The van der Waals surface area contributed by atoms with Gasteiger partial charge < -0.3 is 5.32 Å². The monoisotopic (exact) mass is 262 g/mol. The van der Waals surface area contributed by atoms with Crippen LogP contribution in [0.5, 0.6) is 0 Å². The molecule has 7 heteroatoms. The molecule has 2 aromatic rings. The van der Waals surface area contributed by atoms with Crippen molar-refractivity contribution in [1.82, 2.24) is 29.9 Å². The molecule has 0 radical (unpaired) electrons. The number of hydrogen-bond donors (Lipinski definition) is 1. The summed E-state index contributed by atoms with van der Waals surface area (Å²) in [5.74, 6) is 0.547. The smallest absolute Gasteiger partial charge is 0.256 e. The average Bonchev–Trinajstić information content (AvgIpc) is 3.03. The van der Waals surface area contributed by atoms with Crippen LogP contribution in [-0.2, 0) is 7.05 Å². The third kappa shape index (κ3) is 2.98. The Kier molecular flexibility index (Phi) is 4.27. The minimum Gasteiger partial charge on any atom is -0.352 e. The van der Waals surface area contributed by atoms with Gasteiger partial charge in [-0.3, -0.25) is 14.0 Å². The quantitative estimate of drug-likeness (QED) is 0.785. The van der Waals surface area contributed by atoms with Gasteiger partial charge in [-0.2, -0.15) is 5.10 Å². The molecule has 0 aromatic carbocycles. The van der Waals surface area contributed by atoms with Crippen LogP contribution < -0.4 is 5.32 Å². The fourth-order valence-electron chi connectivity index (χ4n) is 1.88. The van der Waals surface area contributed by atoms with Crippen LogP contribution in [0.3, 0.4) is 0 Å². The lowest BCUT2D eigenvalue weighted by Crippen LogP contribution is -2.25. The minimum absolute atomic E-state index is 0.118. The topological polar surface area (TPSA) is 77.6 Å². The molecule has 0 aliphatic heterocycles. The van der Waals surface area contributed by atoms with Crippen molar-refractivity contribution in [3.8, 4) is 5.82 Å². The lowest BCUT2D eigenvalue weighted by molar-refractivity contribution is 0.0953. The molecule has 2 heterocycles. The number of rotatable bonds is 6. The Morgan fingerprint density at radius 2 is 2.05 bits per heavy atom. The van der Waals surface area contributed by atoms with Gasteiger partial charge in [-0.25, -0.2) is 0 Å². The third-order valence-electron chi connectivity index (χ3n) is 2.88. The number of carbonyl (C=O) groups excluding carboxylic acids is 1. The normalized spacial score (nSPS) is 10.6. The number of amides is 1. The number of nitrogens with zero attached hydrogens (tertiary/aromatic N) is 5. The molecule has 0 bridgehead atoms. The van der Waals surface area contributed by atoms with Crippen LogP contribution in [0.15, 0.2) is 18.9 Å². The van der Waals surface area contributed by atoms with Crippen LogP contribution in [0.2, 0.25) is 0 Å². The maximum absolute atomic E-state index is 12.1. The third-order valence-corrected chi connectivity index (χ3v) is 2.88. The van der Waals surface area contributed by atoms with Crippen molar-refractivity contribution in [2.75, 3.05) is 6.54 Å². The van der Waals surface area contributed by atoms with Crippen LogP contribution in [-0.4, -0.2) is 37.0 Å². The van der Waals surface area contributed by atoms with Gasteiger partial charge in [-0.05, 0) is 6.42 Å². The number of nitrogens with one attached hydrogen (secondary N) is 1. The van der Waals surface area contributed by atoms with Crippen molar-refractivity contribution in [2.45, 2.75) is 26.2 Å². The predicted octanol–water partition coefficient (Wildman–Crippen LogP) is 0.921. The lowest BCUT2D eigenvalue weighted by Gasteiger charge is -2.07. The van der Waals surface area contributed by atoms with E-state index in [1.54, 1.807) is 35.1 Å². The first kappa shape index (κ1) is 13.3. The Morgan fingerprint density at radius 1 is 1.32 bits per heavy atom. The average molecular weight is 262 g/mol. The Balaban J connectivity index is 2.10. The zero-order chi connectivity index (χ0) is 13.7. The SMILES string of the molecule is CCCCCNC(=O)c1cnn(C)c1-n1cnnc1. The second kappa shape index (κ2) is 6.12. The molecule has 0 unspecified atom stereocenters. The lowest BCUT2D eigenvalue weighted by atomic mass is 10.2. The maximum atomic E-state index is 12.1. The van der Waals surface area contributed by atoms with Gasteiger partial charge in [-0.15, -0.1) is 10.2 Å². The van der Waals surface area contributed by atoms with Crippen molar-refractivity contribution in [3.05, 3.63) is 24.4 Å². The summed E-state index contributed by atoms with van der Waals surface area (Å²) in [6.07, 6.45) is 7.89. The molecule has 2 aromatic heterocycles. The Hall–Kier alpha value is -2.18. The number of aryl methyl sites for hydroxylation is 1. The molecule has 102 valence electrons. The first-order valence-electron chi connectivity index (χ1n) is 6.39. The molecule has 0 aliphatic rings. The van der Waals surface area contributed by atoms with E-state index in [4.69, 9.17) is 0 Å². The molecular weight excluding hydrogens is 244 g/mol. The van der Waals surface area contributed by atoms with E-state index in [2.05, 4.69) is 27.5 Å². The second-order valence-electron chi connectivity index (χ2n) is 4.34. The number of carbonyl (C=O) groups is 1. The highest BCUT2D eigenvalue weighted by Gasteiger charge is 2.17. The fourth-order valence-corrected chi connectivity index (χ4v) is 1.88. The molecule has 2 rings (SSSR count). The Labute approximate surface area is 111 Å². The molecule has 1 amide bonds. The highest BCUT2D eigenvalue weighted by Crippen LogP contribution is 2.12. The summed E-state index contributed by atoms with van der Waals surface area (Å²) in [6, 6.07) is 0. The molecule has 0 fully saturated rings. The van der Waals surface area contributed by atoms with Crippen molar-refractivity contribution in [2.24, 2.45) is 7.05 Å². The van der Waals surface area contributed by atoms with Gasteiger partial charge >= 0.3 is 0 Å². The van der Waals surface area contributed by atoms with E-state index >= 15 is 0 Å². The molecule has 0 aliphatic carbocycles. The van der Waals surface area contributed by atoms with E-state index in [1.165, 1.54) is 0 Å². The van der Waals surface area contributed by atoms with E-state index in [0.717, 1.165) is 19.3 Å². The van der Waals surface area contributed by atoms with Gasteiger partial charge in [0.1, 0.15) is 24.0 Å². The van der Waals surface area contributed by atoms with Gasteiger partial charge in [0.05, 0.1) is 6.20 Å². The zero-order valence-electron chi connectivity index (χ0n) is 11.2. The minimum atomic E-state index is -0.118. The zero-order valence-corrected chi connectivity index (χ0v) is 11.2. The summed E-state index contributed by atoms with van der Waals surface area (Å²) in [5.41, 5.74) is 0.527. The molecule has 0 atom stereocenters. The van der Waals surface area contributed by atoms with Crippen molar-refractivity contribution < 1.29 is 4.79 Å². The van der Waals surface area contributed by atoms with Gasteiger partial charge in [0.25, 0.3) is 5.91 Å². The standard InChI is InChI=1S/C12H18N6O/c1-3-4-5-6-13-11(19)10-7-16-17(2)12(10)18-8-14-15-9-18/h7-9H,3-6H2,1-2H3,(H,13,19). The Morgan fingerprint density at radius 3 is 2.74 bits per heavy atom. The van der Waals surface area contributed by atoms with E-state index in [-0.39, 0.29) is 5.91 Å². The second-order valence-corrected chi connectivity index (χ2v) is 4.34. The number of unbranched alkanes of at least 4 members (excludes halogenated alkanes) is 2. The number of hydrogen-bond acceptors (Lipinski definition) is 4. The summed E-state index contributed by atoms with van der Waals surface area (Å²) in [6.45, 7) is 2.82. The summed E-state index contributed by atoms with van der Waals surface area (Å²) in [7, 11) is 1.78. The Bertz CT molecular complexity index is 530. The summed E-state index contributed by atoms with van der Waals surface area (Å²) < 4.78 is 3.30. The number of aromatic nitrogens is 5. The summed E-state index contributed by atoms with van der Waals surface area (Å²) in [4.78, 5) is 12.1. The van der Waals surface area contributed by atoms with E-state index in [0.29, 0.717) is 17.9 Å². The van der Waals surface area contributed by atoms with Crippen LogP contribution in [0.25, 0.3) is 5.82 Å². The van der Waals surface area contributed by atoms with Crippen LogP contribution in [0.1, 0.15) is 36.5 Å². The van der Waals surface area contributed by atoms with E-state index in [9.17, 15) is 4.79 Å². The van der Waals surface area contributed by atoms with Crippen LogP contribution in [0, 0.1) is 0 Å². The molecular formula is C12H18N6O. The first-order chi connectivity index (χ1) is 9.24. The molecule has 0 spiro atoms. The first-order valence-corrected chi connectivity index (χ1v) is 6.39. The molecule has 19 heavy (non-hydrogen) atoms. The molecule has 7 nitrogen and oxygen atoms in total. The van der Waals surface area contributed by atoms with Gasteiger partial charge in [0.15, 0.2) is 0 Å². The van der Waals surface area contributed by atoms with Crippen molar-refractivity contribution >= 4 is 5.91 Å². The van der Waals surface area contributed by atoms with E-state index < -0.39 is 0 Å². The summed E-state index contributed by atoms with van der Waals surface area (Å²) in [5, 5.41) is 14.5. The van der Waals surface area contributed by atoms with Crippen LogP contribution in [0.4, 0.5) is 0 Å². The van der Waals surface area contributed by atoms with Gasteiger partial charge in [0.2, 0.25) is 0 Å². The fraction of sp³-hybridized carbons (Fsp3) is 0.500. The molecule has 1 N–H and O–H groups in total. The molecule has 0 saturated carbocycles. The predicted molar refractivity (Wildman–Crippen MR) is 70.0 cm³/mol. The van der Waals surface area contributed by atoms with Gasteiger partial charge in [-0.1, -0.05) is 19.8 Å². The highest BCUT2D eigenvalue weighted by molar-refractivity contribution is 5.97. The van der Waals surface area contributed by atoms with E-state index in [1.807, 2.05) is 0 Å². The maximum Gasteiger partial charge on any atom is 0.256 e. The summed E-state index contributed by atoms with van der Waals surface area (Å²) >= 11 is 0. The highest BCUT2D eigenvalue weighted by atomic mass is 16.1. The van der Waals surface area contributed by atoms with Crippen molar-refractivity contribution in [3.63, 3.8) is 0 Å². The largest absolute Gasteiger partial charge is 0.352 e. The van der Waals surface area contributed by atoms with Crippen molar-refractivity contribution in [1.29, 1.82) is 0 Å². The van der Waals surface area contributed by atoms with Gasteiger partial charge in [0, 0.05) is 13.6 Å². The molecule has 0 saturated heterocycles. The van der Waals surface area contributed by atoms with Crippen LogP contribution >= 0.6 is 0 Å².